The number of thioether (sulfide) groups is 1. The molecule has 0 radical (unpaired) electrons. The summed E-state index contributed by atoms with van der Waals surface area (Å²) in [5.74, 6) is 0.325. The SMILES string of the molecule is CC(C)C(CNC(=O)C1CSCCN1)C(=O)O. The highest BCUT2D eigenvalue weighted by atomic mass is 32.2. The maximum absolute atomic E-state index is 11.8. The zero-order valence-electron chi connectivity index (χ0n) is 10.2. The van der Waals surface area contributed by atoms with Crippen LogP contribution in [-0.4, -0.2) is 47.6 Å². The zero-order chi connectivity index (χ0) is 12.8. The summed E-state index contributed by atoms with van der Waals surface area (Å²) in [7, 11) is 0. The van der Waals surface area contributed by atoms with Gasteiger partial charge in [0.05, 0.1) is 12.0 Å². The van der Waals surface area contributed by atoms with Crippen molar-refractivity contribution >= 4 is 23.6 Å². The minimum atomic E-state index is -0.855. The summed E-state index contributed by atoms with van der Waals surface area (Å²) in [6.07, 6.45) is 0. The molecule has 1 heterocycles. The highest BCUT2D eigenvalue weighted by Crippen LogP contribution is 2.11. The molecule has 0 saturated carbocycles. The van der Waals surface area contributed by atoms with E-state index in [4.69, 9.17) is 5.11 Å². The Morgan fingerprint density at radius 2 is 2.24 bits per heavy atom. The van der Waals surface area contributed by atoms with Crippen molar-refractivity contribution in [2.75, 3.05) is 24.6 Å². The van der Waals surface area contributed by atoms with Gasteiger partial charge in [0.15, 0.2) is 0 Å². The molecule has 2 unspecified atom stereocenters. The van der Waals surface area contributed by atoms with Gasteiger partial charge in [-0.3, -0.25) is 9.59 Å². The van der Waals surface area contributed by atoms with E-state index >= 15 is 0 Å². The van der Waals surface area contributed by atoms with Crippen LogP contribution in [0.2, 0.25) is 0 Å². The second-order valence-corrected chi connectivity index (χ2v) is 5.67. The highest BCUT2D eigenvalue weighted by Gasteiger charge is 2.25. The first-order valence-electron chi connectivity index (χ1n) is 5.84. The summed E-state index contributed by atoms with van der Waals surface area (Å²) in [6.45, 7) is 4.73. The summed E-state index contributed by atoms with van der Waals surface area (Å²) in [6, 6.07) is -0.185. The molecule has 0 aromatic carbocycles. The normalized spacial score (nSPS) is 22.2. The molecule has 0 aromatic rings. The molecule has 0 aromatic heterocycles. The van der Waals surface area contributed by atoms with Gasteiger partial charge in [-0.15, -0.1) is 0 Å². The van der Waals surface area contributed by atoms with Crippen molar-refractivity contribution < 1.29 is 14.7 Å². The Labute approximate surface area is 106 Å². The highest BCUT2D eigenvalue weighted by molar-refractivity contribution is 7.99. The number of amides is 1. The van der Waals surface area contributed by atoms with Crippen molar-refractivity contribution in [3.05, 3.63) is 0 Å². The Balaban J connectivity index is 2.37. The van der Waals surface area contributed by atoms with Gasteiger partial charge in [0, 0.05) is 24.6 Å². The number of carbonyl (C=O) groups excluding carboxylic acids is 1. The van der Waals surface area contributed by atoms with E-state index in [1.54, 1.807) is 11.8 Å². The van der Waals surface area contributed by atoms with E-state index in [1.807, 2.05) is 13.8 Å². The van der Waals surface area contributed by atoms with E-state index in [0.29, 0.717) is 0 Å². The standard InChI is InChI=1S/C11H20N2O3S/c1-7(2)8(11(15)16)5-13-10(14)9-6-17-4-3-12-9/h7-9,12H,3-6H2,1-2H3,(H,13,14)(H,15,16). The van der Waals surface area contributed by atoms with E-state index in [1.165, 1.54) is 0 Å². The molecule has 1 fully saturated rings. The van der Waals surface area contributed by atoms with E-state index in [2.05, 4.69) is 10.6 Å². The van der Waals surface area contributed by atoms with Crippen LogP contribution in [0.5, 0.6) is 0 Å². The predicted octanol–water partition coefficient (Wildman–Crippen LogP) is 0.164. The van der Waals surface area contributed by atoms with Gasteiger partial charge in [-0.1, -0.05) is 13.8 Å². The summed E-state index contributed by atoms with van der Waals surface area (Å²) < 4.78 is 0. The third-order valence-electron chi connectivity index (χ3n) is 2.86. The molecule has 1 aliphatic heterocycles. The number of carboxylic acids is 1. The van der Waals surface area contributed by atoms with Crippen LogP contribution in [0.15, 0.2) is 0 Å². The van der Waals surface area contributed by atoms with Crippen molar-refractivity contribution in [1.82, 2.24) is 10.6 Å². The van der Waals surface area contributed by atoms with Crippen LogP contribution in [0.1, 0.15) is 13.8 Å². The molecule has 1 rings (SSSR count). The molecule has 0 aliphatic carbocycles. The van der Waals surface area contributed by atoms with Gasteiger partial charge < -0.3 is 15.7 Å². The van der Waals surface area contributed by atoms with Gasteiger partial charge in [-0.05, 0) is 5.92 Å². The molecule has 98 valence electrons. The largest absolute Gasteiger partial charge is 0.481 e. The molecular weight excluding hydrogens is 240 g/mol. The van der Waals surface area contributed by atoms with Crippen LogP contribution in [0.3, 0.4) is 0 Å². The van der Waals surface area contributed by atoms with E-state index in [-0.39, 0.29) is 24.4 Å². The third-order valence-corrected chi connectivity index (χ3v) is 3.92. The van der Waals surface area contributed by atoms with Gasteiger partial charge in [0.1, 0.15) is 0 Å². The van der Waals surface area contributed by atoms with Crippen molar-refractivity contribution in [1.29, 1.82) is 0 Å². The van der Waals surface area contributed by atoms with Crippen molar-refractivity contribution in [3.8, 4) is 0 Å². The van der Waals surface area contributed by atoms with E-state index in [0.717, 1.165) is 18.1 Å². The molecular formula is C11H20N2O3S. The van der Waals surface area contributed by atoms with Crippen molar-refractivity contribution in [2.45, 2.75) is 19.9 Å². The molecule has 1 saturated heterocycles. The molecule has 1 aliphatic rings. The Kier molecular flexibility index (Phi) is 5.77. The summed E-state index contributed by atoms with van der Waals surface area (Å²) in [4.78, 5) is 22.7. The molecule has 1 amide bonds. The first-order chi connectivity index (χ1) is 8.02. The van der Waals surface area contributed by atoms with E-state index < -0.39 is 11.9 Å². The molecule has 0 bridgehead atoms. The second kappa shape index (κ2) is 6.86. The first-order valence-corrected chi connectivity index (χ1v) is 6.99. The van der Waals surface area contributed by atoms with Gasteiger partial charge in [0.25, 0.3) is 0 Å². The lowest BCUT2D eigenvalue weighted by Gasteiger charge is -2.23. The minimum Gasteiger partial charge on any atom is -0.481 e. The minimum absolute atomic E-state index is 0.0153. The smallest absolute Gasteiger partial charge is 0.308 e. The quantitative estimate of drug-likeness (QED) is 0.656. The molecule has 17 heavy (non-hydrogen) atoms. The number of carbonyl (C=O) groups is 2. The monoisotopic (exact) mass is 260 g/mol. The predicted molar refractivity (Wildman–Crippen MR) is 68.1 cm³/mol. The van der Waals surface area contributed by atoms with Crippen LogP contribution in [-0.2, 0) is 9.59 Å². The fourth-order valence-corrected chi connectivity index (χ4v) is 2.61. The number of aliphatic carboxylic acids is 1. The Morgan fingerprint density at radius 1 is 1.53 bits per heavy atom. The average molecular weight is 260 g/mol. The molecule has 5 nitrogen and oxygen atoms in total. The Morgan fingerprint density at radius 3 is 2.71 bits per heavy atom. The van der Waals surface area contributed by atoms with Crippen molar-refractivity contribution in [3.63, 3.8) is 0 Å². The van der Waals surface area contributed by atoms with Gasteiger partial charge >= 0.3 is 5.97 Å². The lowest BCUT2D eigenvalue weighted by molar-refractivity contribution is -0.143. The number of rotatable bonds is 5. The number of hydrogen-bond donors (Lipinski definition) is 3. The lowest BCUT2D eigenvalue weighted by Crippen LogP contribution is -2.50. The van der Waals surface area contributed by atoms with Crippen LogP contribution in [0.4, 0.5) is 0 Å². The van der Waals surface area contributed by atoms with Crippen LogP contribution < -0.4 is 10.6 Å². The average Bonchev–Trinajstić information content (AvgIpc) is 2.29. The van der Waals surface area contributed by atoms with Crippen molar-refractivity contribution in [2.24, 2.45) is 11.8 Å². The topological polar surface area (TPSA) is 78.4 Å². The maximum atomic E-state index is 11.8. The van der Waals surface area contributed by atoms with Gasteiger partial charge in [-0.25, -0.2) is 0 Å². The summed E-state index contributed by atoms with van der Waals surface area (Å²) in [5.41, 5.74) is 0. The van der Waals surface area contributed by atoms with E-state index in [9.17, 15) is 9.59 Å². The first kappa shape index (κ1) is 14.3. The number of carboxylic acid groups (broad SMARTS) is 1. The fourth-order valence-electron chi connectivity index (χ4n) is 1.68. The fraction of sp³-hybridized carbons (Fsp3) is 0.818. The molecule has 3 N–H and O–H groups in total. The van der Waals surface area contributed by atoms with Gasteiger partial charge in [0.2, 0.25) is 5.91 Å². The molecule has 0 spiro atoms. The van der Waals surface area contributed by atoms with Crippen LogP contribution in [0, 0.1) is 11.8 Å². The van der Waals surface area contributed by atoms with Crippen LogP contribution >= 0.6 is 11.8 Å². The molecule has 2 atom stereocenters. The Hall–Kier alpha value is -0.750. The zero-order valence-corrected chi connectivity index (χ0v) is 11.0. The second-order valence-electron chi connectivity index (χ2n) is 4.52. The Bertz CT molecular complexity index is 278. The molecule has 6 heteroatoms. The number of hydrogen-bond acceptors (Lipinski definition) is 4. The maximum Gasteiger partial charge on any atom is 0.308 e. The summed E-state index contributed by atoms with van der Waals surface area (Å²) >= 11 is 1.74. The lowest BCUT2D eigenvalue weighted by atomic mass is 9.96. The third kappa shape index (κ3) is 4.55. The van der Waals surface area contributed by atoms with Crippen LogP contribution in [0.25, 0.3) is 0 Å². The van der Waals surface area contributed by atoms with Gasteiger partial charge in [-0.2, -0.15) is 11.8 Å². The number of nitrogens with one attached hydrogen (secondary N) is 2. The summed E-state index contributed by atoms with van der Waals surface area (Å²) in [5, 5.41) is 14.8.